The molecule has 0 heterocycles. The molecule has 126 valence electrons. The van der Waals surface area contributed by atoms with Crippen molar-refractivity contribution in [1.29, 1.82) is 0 Å². The maximum absolute atomic E-state index is 12.6. The summed E-state index contributed by atoms with van der Waals surface area (Å²) in [6, 6.07) is 13.8. The smallest absolute Gasteiger partial charge is 0.239 e. The number of methoxy groups -OCH3 is 1. The van der Waals surface area contributed by atoms with Crippen LogP contribution in [0.5, 0.6) is 5.75 Å². The zero-order valence-electron chi connectivity index (χ0n) is 13.7. The van der Waals surface area contributed by atoms with Crippen LogP contribution in [0.3, 0.4) is 0 Å². The number of nitrogens with one attached hydrogen (secondary N) is 2. The summed E-state index contributed by atoms with van der Waals surface area (Å²) >= 11 is 5.96. The Labute approximate surface area is 146 Å². The van der Waals surface area contributed by atoms with Crippen molar-refractivity contribution in [3.05, 3.63) is 53.6 Å². The van der Waals surface area contributed by atoms with Crippen LogP contribution in [0.2, 0.25) is 5.02 Å². The monoisotopic (exact) mass is 346 g/mol. The van der Waals surface area contributed by atoms with Gasteiger partial charge >= 0.3 is 0 Å². The third-order valence-electron chi connectivity index (χ3n) is 3.58. The molecule has 0 aliphatic rings. The Morgan fingerprint density at radius 1 is 1.00 bits per heavy atom. The predicted molar refractivity (Wildman–Crippen MR) is 95.5 cm³/mol. The van der Waals surface area contributed by atoms with Crippen molar-refractivity contribution < 1.29 is 14.3 Å². The third kappa shape index (κ3) is 4.06. The zero-order chi connectivity index (χ0) is 17.7. The molecular weight excluding hydrogens is 328 g/mol. The van der Waals surface area contributed by atoms with Crippen molar-refractivity contribution in [1.82, 2.24) is 0 Å². The van der Waals surface area contributed by atoms with E-state index in [1.165, 1.54) is 7.11 Å². The zero-order valence-corrected chi connectivity index (χ0v) is 14.5. The molecule has 0 aromatic heterocycles. The maximum Gasteiger partial charge on any atom is 0.239 e. The Balaban J connectivity index is 2.15. The number of anilines is 2. The fourth-order valence-corrected chi connectivity index (χ4v) is 2.14. The summed E-state index contributed by atoms with van der Waals surface area (Å²) in [6.07, 6.45) is 0. The lowest BCUT2D eigenvalue weighted by Gasteiger charge is -2.23. The molecule has 0 radical (unpaired) electrons. The molecule has 0 bridgehead atoms. The number of rotatable bonds is 5. The minimum atomic E-state index is -1.29. The van der Waals surface area contributed by atoms with Gasteiger partial charge in [0.05, 0.1) is 12.8 Å². The second-order valence-electron chi connectivity index (χ2n) is 5.74. The highest BCUT2D eigenvalue weighted by atomic mass is 35.5. The minimum absolute atomic E-state index is 0.410. The Morgan fingerprint density at radius 2 is 1.62 bits per heavy atom. The lowest BCUT2D eigenvalue weighted by Crippen LogP contribution is -2.41. The van der Waals surface area contributed by atoms with Gasteiger partial charge in [-0.05, 0) is 44.2 Å². The van der Waals surface area contributed by atoms with Gasteiger partial charge in [-0.3, -0.25) is 9.59 Å². The highest BCUT2D eigenvalue weighted by Crippen LogP contribution is 2.30. The molecule has 0 fully saturated rings. The summed E-state index contributed by atoms with van der Waals surface area (Å²) in [4.78, 5) is 25.0. The van der Waals surface area contributed by atoms with Crippen LogP contribution < -0.4 is 15.4 Å². The van der Waals surface area contributed by atoms with Gasteiger partial charge in [0.2, 0.25) is 11.8 Å². The van der Waals surface area contributed by atoms with Crippen molar-refractivity contribution in [2.45, 2.75) is 13.8 Å². The average Bonchev–Trinajstić information content (AvgIpc) is 2.56. The molecule has 0 saturated carbocycles. The second kappa shape index (κ2) is 7.36. The quantitative estimate of drug-likeness (QED) is 0.805. The summed E-state index contributed by atoms with van der Waals surface area (Å²) in [5.74, 6) is -0.407. The molecule has 2 N–H and O–H groups in total. The molecule has 0 aliphatic carbocycles. The molecule has 2 aromatic rings. The van der Waals surface area contributed by atoms with Gasteiger partial charge < -0.3 is 15.4 Å². The predicted octanol–water partition coefficient (Wildman–Crippen LogP) is 3.95. The first-order valence-corrected chi connectivity index (χ1v) is 7.74. The lowest BCUT2D eigenvalue weighted by molar-refractivity contribution is -0.135. The van der Waals surface area contributed by atoms with Gasteiger partial charge in [-0.1, -0.05) is 29.8 Å². The fraction of sp³-hybridized carbons (Fsp3) is 0.222. The number of halogens is 1. The molecule has 5 nitrogen and oxygen atoms in total. The number of benzene rings is 2. The molecule has 2 amide bonds. The van der Waals surface area contributed by atoms with Crippen molar-refractivity contribution in [3.63, 3.8) is 0 Å². The molecule has 2 aromatic carbocycles. The van der Waals surface area contributed by atoms with Gasteiger partial charge in [-0.2, -0.15) is 0 Å². The van der Waals surface area contributed by atoms with E-state index in [9.17, 15) is 9.59 Å². The van der Waals surface area contributed by atoms with Gasteiger partial charge in [0.15, 0.2) is 0 Å². The van der Waals surface area contributed by atoms with Gasteiger partial charge in [0, 0.05) is 10.7 Å². The van der Waals surface area contributed by atoms with Crippen LogP contribution in [0.4, 0.5) is 11.4 Å². The highest BCUT2D eigenvalue weighted by Gasteiger charge is 2.36. The molecule has 0 unspecified atom stereocenters. The fourth-order valence-electron chi connectivity index (χ4n) is 1.97. The molecule has 0 spiro atoms. The van der Waals surface area contributed by atoms with Crippen molar-refractivity contribution in [2.24, 2.45) is 5.41 Å². The Bertz CT molecular complexity index is 745. The van der Waals surface area contributed by atoms with E-state index in [0.717, 1.165) is 0 Å². The largest absolute Gasteiger partial charge is 0.495 e. The van der Waals surface area contributed by atoms with Crippen LogP contribution in [0.25, 0.3) is 0 Å². The minimum Gasteiger partial charge on any atom is -0.495 e. The highest BCUT2D eigenvalue weighted by molar-refractivity contribution is 6.31. The summed E-state index contributed by atoms with van der Waals surface area (Å²) in [6.45, 7) is 3.11. The maximum atomic E-state index is 12.6. The molecule has 2 rings (SSSR count). The Kier molecular flexibility index (Phi) is 5.46. The van der Waals surface area contributed by atoms with E-state index in [0.29, 0.717) is 22.1 Å². The summed E-state index contributed by atoms with van der Waals surface area (Å²) in [5, 5.41) is 5.89. The molecule has 24 heavy (non-hydrogen) atoms. The SMILES string of the molecule is COc1ccc(Cl)cc1NC(=O)C(C)(C)C(=O)Nc1ccccc1. The van der Waals surface area contributed by atoms with Crippen LogP contribution in [0.1, 0.15) is 13.8 Å². The molecule has 0 aliphatic heterocycles. The molecule has 0 atom stereocenters. The molecule has 6 heteroatoms. The van der Waals surface area contributed by atoms with E-state index in [1.54, 1.807) is 56.3 Å². The van der Waals surface area contributed by atoms with Crippen LogP contribution in [-0.2, 0) is 9.59 Å². The number of carbonyl (C=O) groups is 2. The van der Waals surface area contributed by atoms with Gasteiger partial charge in [-0.25, -0.2) is 0 Å². The van der Waals surface area contributed by atoms with Gasteiger partial charge in [0.25, 0.3) is 0 Å². The number of amides is 2. The van der Waals surface area contributed by atoms with E-state index >= 15 is 0 Å². The van der Waals surface area contributed by atoms with Crippen LogP contribution in [-0.4, -0.2) is 18.9 Å². The van der Waals surface area contributed by atoms with E-state index in [1.807, 2.05) is 6.07 Å². The topological polar surface area (TPSA) is 67.4 Å². The average molecular weight is 347 g/mol. The summed E-state index contributed by atoms with van der Waals surface area (Å²) in [7, 11) is 1.49. The number of para-hydroxylation sites is 1. The molecular formula is C18H19ClN2O3. The number of hydrogen-bond donors (Lipinski definition) is 2. The Morgan fingerprint density at radius 3 is 2.25 bits per heavy atom. The number of ether oxygens (including phenoxy) is 1. The summed E-state index contributed by atoms with van der Waals surface area (Å²) < 4.78 is 5.20. The van der Waals surface area contributed by atoms with Gasteiger partial charge in [0.1, 0.15) is 11.2 Å². The normalized spacial score (nSPS) is 10.8. The Hall–Kier alpha value is -2.53. The third-order valence-corrected chi connectivity index (χ3v) is 3.81. The van der Waals surface area contributed by atoms with Crippen molar-refractivity contribution >= 4 is 34.8 Å². The van der Waals surface area contributed by atoms with E-state index in [4.69, 9.17) is 16.3 Å². The van der Waals surface area contributed by atoms with Gasteiger partial charge in [-0.15, -0.1) is 0 Å². The first-order chi connectivity index (χ1) is 11.3. The second-order valence-corrected chi connectivity index (χ2v) is 6.18. The lowest BCUT2D eigenvalue weighted by atomic mass is 9.90. The molecule has 0 saturated heterocycles. The van der Waals surface area contributed by atoms with E-state index in [2.05, 4.69) is 10.6 Å². The summed E-state index contributed by atoms with van der Waals surface area (Å²) in [5.41, 5.74) is -0.248. The number of hydrogen-bond acceptors (Lipinski definition) is 3. The standard InChI is InChI=1S/C18H19ClN2O3/c1-18(2,16(22)20-13-7-5-4-6-8-13)17(23)21-14-11-12(19)9-10-15(14)24-3/h4-11H,1-3H3,(H,20,22)(H,21,23). The number of carbonyl (C=O) groups excluding carboxylic acids is 2. The first kappa shape index (κ1) is 17.8. The van der Waals surface area contributed by atoms with Crippen molar-refractivity contribution in [2.75, 3.05) is 17.7 Å². The van der Waals surface area contributed by atoms with E-state index in [-0.39, 0.29) is 0 Å². The van der Waals surface area contributed by atoms with Crippen LogP contribution >= 0.6 is 11.6 Å². The van der Waals surface area contributed by atoms with Crippen molar-refractivity contribution in [3.8, 4) is 5.75 Å². The van der Waals surface area contributed by atoms with E-state index < -0.39 is 17.2 Å². The van der Waals surface area contributed by atoms with Crippen LogP contribution in [0.15, 0.2) is 48.5 Å². The first-order valence-electron chi connectivity index (χ1n) is 7.36. The van der Waals surface area contributed by atoms with Crippen LogP contribution in [0, 0.1) is 5.41 Å².